The summed E-state index contributed by atoms with van der Waals surface area (Å²) in [6.07, 6.45) is 4.41. The lowest BCUT2D eigenvalue weighted by atomic mass is 10.1. The number of nitrogens with one attached hydrogen (secondary N) is 2. The quantitative estimate of drug-likeness (QED) is 0.712. The molecule has 0 heterocycles. The highest BCUT2D eigenvalue weighted by Gasteiger charge is 2.19. The van der Waals surface area contributed by atoms with Gasteiger partial charge in [0, 0.05) is 41.6 Å². The first-order valence-corrected chi connectivity index (χ1v) is 10.6. The molecule has 5 heteroatoms. The van der Waals surface area contributed by atoms with E-state index in [4.69, 9.17) is 0 Å². The first-order chi connectivity index (χ1) is 14.0. The summed E-state index contributed by atoms with van der Waals surface area (Å²) in [5.74, 6) is -0.314. The van der Waals surface area contributed by atoms with E-state index in [2.05, 4.69) is 35.4 Å². The molecule has 0 bridgehead atoms. The molecule has 2 amide bonds. The van der Waals surface area contributed by atoms with Crippen LogP contribution in [0.15, 0.2) is 42.5 Å². The van der Waals surface area contributed by atoms with E-state index in [-0.39, 0.29) is 17.9 Å². The average Bonchev–Trinajstić information content (AvgIpc) is 3.24. The number of carbonyl (C=O) groups is 2. The molecule has 154 valence electrons. The van der Waals surface area contributed by atoms with Crippen LogP contribution in [0.2, 0.25) is 0 Å². The number of amides is 2. The van der Waals surface area contributed by atoms with Crippen LogP contribution in [0.25, 0.3) is 0 Å². The molecule has 0 spiro atoms. The van der Waals surface area contributed by atoms with Crippen molar-refractivity contribution in [3.8, 4) is 0 Å². The standard InChI is InChI=1S/C24H31N3O2/c1-4-27(5-2)21-13-14-22(17(3)15-21)26-24(29)19-10-8-9-18(16-19)23(28)25-20-11-6-7-12-20/h8-10,13-16,20H,4-7,11-12H2,1-3H3,(H,25,28)(H,26,29). The van der Waals surface area contributed by atoms with Crippen molar-refractivity contribution in [2.75, 3.05) is 23.3 Å². The van der Waals surface area contributed by atoms with Gasteiger partial charge in [0.25, 0.3) is 11.8 Å². The summed E-state index contributed by atoms with van der Waals surface area (Å²) in [6, 6.07) is 13.2. The Morgan fingerprint density at radius 1 is 0.966 bits per heavy atom. The first kappa shape index (κ1) is 20.9. The van der Waals surface area contributed by atoms with Crippen LogP contribution >= 0.6 is 0 Å². The van der Waals surface area contributed by atoms with Gasteiger partial charge < -0.3 is 15.5 Å². The van der Waals surface area contributed by atoms with Crippen LogP contribution in [-0.4, -0.2) is 30.9 Å². The summed E-state index contributed by atoms with van der Waals surface area (Å²) in [5, 5.41) is 6.05. The normalized spacial score (nSPS) is 13.9. The van der Waals surface area contributed by atoms with E-state index < -0.39 is 0 Å². The van der Waals surface area contributed by atoms with Crippen molar-refractivity contribution in [1.29, 1.82) is 0 Å². The maximum absolute atomic E-state index is 12.8. The minimum absolute atomic E-state index is 0.105. The minimum Gasteiger partial charge on any atom is -0.372 e. The van der Waals surface area contributed by atoms with E-state index >= 15 is 0 Å². The number of nitrogens with zero attached hydrogens (tertiary/aromatic N) is 1. The lowest BCUT2D eigenvalue weighted by Crippen LogP contribution is -2.32. The van der Waals surface area contributed by atoms with Gasteiger partial charge in [0.05, 0.1) is 0 Å². The van der Waals surface area contributed by atoms with Crippen molar-refractivity contribution in [3.63, 3.8) is 0 Å². The van der Waals surface area contributed by atoms with Crippen LogP contribution in [-0.2, 0) is 0 Å². The number of hydrogen-bond acceptors (Lipinski definition) is 3. The highest BCUT2D eigenvalue weighted by molar-refractivity contribution is 6.06. The minimum atomic E-state index is -0.209. The summed E-state index contributed by atoms with van der Waals surface area (Å²) >= 11 is 0. The van der Waals surface area contributed by atoms with Gasteiger partial charge in [-0.25, -0.2) is 0 Å². The molecule has 0 atom stereocenters. The van der Waals surface area contributed by atoms with Crippen LogP contribution in [0, 0.1) is 6.92 Å². The van der Waals surface area contributed by atoms with Crippen molar-refractivity contribution in [3.05, 3.63) is 59.2 Å². The summed E-state index contributed by atoms with van der Waals surface area (Å²) in [6.45, 7) is 8.14. The Labute approximate surface area is 173 Å². The Morgan fingerprint density at radius 2 is 1.62 bits per heavy atom. The fourth-order valence-electron chi connectivity index (χ4n) is 3.91. The van der Waals surface area contributed by atoms with Gasteiger partial charge in [-0.3, -0.25) is 9.59 Å². The summed E-state index contributed by atoms with van der Waals surface area (Å²) in [7, 11) is 0. The zero-order chi connectivity index (χ0) is 20.8. The fourth-order valence-corrected chi connectivity index (χ4v) is 3.91. The van der Waals surface area contributed by atoms with Crippen molar-refractivity contribution >= 4 is 23.2 Å². The molecule has 0 aromatic heterocycles. The second-order valence-electron chi connectivity index (χ2n) is 7.66. The van der Waals surface area contributed by atoms with Gasteiger partial charge in [0.15, 0.2) is 0 Å². The molecule has 3 rings (SSSR count). The first-order valence-electron chi connectivity index (χ1n) is 10.6. The third-order valence-corrected chi connectivity index (χ3v) is 5.66. The molecule has 1 saturated carbocycles. The molecule has 1 aliphatic rings. The van der Waals surface area contributed by atoms with Crippen LogP contribution in [0.1, 0.15) is 65.8 Å². The monoisotopic (exact) mass is 393 g/mol. The molecular formula is C24H31N3O2. The molecule has 5 nitrogen and oxygen atoms in total. The van der Waals surface area contributed by atoms with Gasteiger partial charge >= 0.3 is 0 Å². The Hall–Kier alpha value is -2.82. The Balaban J connectivity index is 1.70. The number of hydrogen-bond donors (Lipinski definition) is 2. The molecule has 2 N–H and O–H groups in total. The maximum Gasteiger partial charge on any atom is 0.255 e. The van der Waals surface area contributed by atoms with E-state index in [1.165, 1.54) is 12.8 Å². The van der Waals surface area contributed by atoms with Gasteiger partial charge in [-0.2, -0.15) is 0 Å². The SMILES string of the molecule is CCN(CC)c1ccc(NC(=O)c2cccc(C(=O)NC3CCCC3)c2)c(C)c1. The van der Waals surface area contributed by atoms with Gasteiger partial charge in [-0.15, -0.1) is 0 Å². The zero-order valence-electron chi connectivity index (χ0n) is 17.6. The predicted octanol–water partition coefficient (Wildman–Crippen LogP) is 4.77. The summed E-state index contributed by atoms with van der Waals surface area (Å²) in [5.41, 5.74) is 3.95. The molecule has 2 aromatic carbocycles. The maximum atomic E-state index is 12.8. The molecule has 1 fully saturated rings. The van der Waals surface area contributed by atoms with E-state index in [1.54, 1.807) is 24.3 Å². The average molecular weight is 394 g/mol. The van der Waals surface area contributed by atoms with E-state index in [1.807, 2.05) is 19.1 Å². The second kappa shape index (κ2) is 9.59. The van der Waals surface area contributed by atoms with Crippen LogP contribution in [0.4, 0.5) is 11.4 Å². The molecule has 0 radical (unpaired) electrons. The topological polar surface area (TPSA) is 61.4 Å². The number of aryl methyl sites for hydroxylation is 1. The van der Waals surface area contributed by atoms with Gasteiger partial charge in [0.1, 0.15) is 0 Å². The Morgan fingerprint density at radius 3 is 2.24 bits per heavy atom. The largest absolute Gasteiger partial charge is 0.372 e. The fraction of sp³-hybridized carbons (Fsp3) is 0.417. The van der Waals surface area contributed by atoms with Gasteiger partial charge in [0.2, 0.25) is 0 Å². The molecule has 0 unspecified atom stereocenters. The van der Waals surface area contributed by atoms with Gasteiger partial charge in [-0.1, -0.05) is 18.9 Å². The third kappa shape index (κ3) is 5.17. The molecule has 1 aliphatic carbocycles. The number of anilines is 2. The lowest BCUT2D eigenvalue weighted by molar-refractivity contribution is 0.0938. The van der Waals surface area contributed by atoms with Gasteiger partial charge in [-0.05, 0) is 75.6 Å². The third-order valence-electron chi connectivity index (χ3n) is 5.66. The van der Waals surface area contributed by atoms with E-state index in [9.17, 15) is 9.59 Å². The van der Waals surface area contributed by atoms with E-state index in [0.29, 0.717) is 11.1 Å². The van der Waals surface area contributed by atoms with Crippen molar-refractivity contribution in [1.82, 2.24) is 5.32 Å². The zero-order valence-corrected chi connectivity index (χ0v) is 17.6. The van der Waals surface area contributed by atoms with Crippen molar-refractivity contribution in [2.45, 2.75) is 52.5 Å². The molecule has 0 saturated heterocycles. The molecule has 2 aromatic rings. The highest BCUT2D eigenvalue weighted by atomic mass is 16.2. The van der Waals surface area contributed by atoms with Crippen molar-refractivity contribution in [2.24, 2.45) is 0 Å². The number of rotatable bonds is 7. The Kier molecular flexibility index (Phi) is 6.91. The van der Waals surface area contributed by atoms with Crippen LogP contribution < -0.4 is 15.5 Å². The number of carbonyl (C=O) groups excluding carboxylic acids is 2. The smallest absolute Gasteiger partial charge is 0.255 e. The number of benzene rings is 2. The second-order valence-corrected chi connectivity index (χ2v) is 7.66. The molecule has 0 aliphatic heterocycles. The van der Waals surface area contributed by atoms with Crippen LogP contribution in [0.5, 0.6) is 0 Å². The van der Waals surface area contributed by atoms with Crippen LogP contribution in [0.3, 0.4) is 0 Å². The summed E-state index contributed by atoms with van der Waals surface area (Å²) < 4.78 is 0. The highest BCUT2D eigenvalue weighted by Crippen LogP contribution is 2.23. The Bertz CT molecular complexity index is 868. The lowest BCUT2D eigenvalue weighted by Gasteiger charge is -2.22. The van der Waals surface area contributed by atoms with E-state index in [0.717, 1.165) is 42.9 Å². The molecule has 29 heavy (non-hydrogen) atoms. The van der Waals surface area contributed by atoms with Crippen molar-refractivity contribution < 1.29 is 9.59 Å². The molecular weight excluding hydrogens is 362 g/mol. The predicted molar refractivity (Wildman–Crippen MR) is 119 cm³/mol. The summed E-state index contributed by atoms with van der Waals surface area (Å²) in [4.78, 5) is 27.5.